The summed E-state index contributed by atoms with van der Waals surface area (Å²) < 4.78 is 23.7. The molecule has 5 heteroatoms. The molecule has 0 unspecified atom stereocenters. The number of anilines is 1. The molecule has 23 heavy (non-hydrogen) atoms. The van der Waals surface area contributed by atoms with Crippen LogP contribution in [0, 0.1) is 5.82 Å². The lowest BCUT2D eigenvalue weighted by molar-refractivity contribution is -0.118. The van der Waals surface area contributed by atoms with Crippen molar-refractivity contribution in [2.75, 3.05) is 18.2 Å². The van der Waals surface area contributed by atoms with Gasteiger partial charge in [0.05, 0.1) is 0 Å². The van der Waals surface area contributed by atoms with Crippen LogP contribution in [-0.4, -0.2) is 19.2 Å². The number of nitrogens with zero attached hydrogens (tertiary/aromatic N) is 1. The van der Waals surface area contributed by atoms with Gasteiger partial charge < -0.3 is 14.4 Å². The van der Waals surface area contributed by atoms with Crippen molar-refractivity contribution >= 4 is 11.6 Å². The number of carbonyl (C=O) groups is 1. The lowest BCUT2D eigenvalue weighted by Crippen LogP contribution is -2.32. The van der Waals surface area contributed by atoms with Crippen LogP contribution in [0.2, 0.25) is 0 Å². The summed E-state index contributed by atoms with van der Waals surface area (Å²) in [7, 11) is 0. The Bertz CT molecular complexity index is 700. The van der Waals surface area contributed by atoms with Gasteiger partial charge in [-0.2, -0.15) is 0 Å². The minimum atomic E-state index is -0.312. The van der Waals surface area contributed by atoms with Crippen LogP contribution in [0.25, 0.3) is 0 Å². The summed E-state index contributed by atoms with van der Waals surface area (Å²) in [5, 5.41) is 0. The Morgan fingerprint density at radius 1 is 1.13 bits per heavy atom. The fourth-order valence-electron chi connectivity index (χ4n) is 2.55. The van der Waals surface area contributed by atoms with Crippen LogP contribution in [0.4, 0.5) is 10.1 Å². The van der Waals surface area contributed by atoms with Gasteiger partial charge in [0.2, 0.25) is 12.7 Å². The Balaban J connectivity index is 1.74. The molecule has 0 N–H and O–H groups in total. The minimum absolute atomic E-state index is 0.0114. The van der Waals surface area contributed by atoms with Crippen molar-refractivity contribution in [3.05, 3.63) is 53.8 Å². The predicted octanol–water partition coefficient (Wildman–Crippen LogP) is 3.54. The molecule has 0 aromatic heterocycles. The molecule has 1 amide bonds. The van der Waals surface area contributed by atoms with Gasteiger partial charge in [-0.1, -0.05) is 13.0 Å². The highest BCUT2D eigenvalue weighted by molar-refractivity contribution is 5.93. The average molecular weight is 315 g/mol. The van der Waals surface area contributed by atoms with Gasteiger partial charge in [0, 0.05) is 18.7 Å². The van der Waals surface area contributed by atoms with Crippen molar-refractivity contribution in [2.45, 2.75) is 19.8 Å². The third-order valence-corrected chi connectivity index (χ3v) is 3.80. The van der Waals surface area contributed by atoms with E-state index in [0.29, 0.717) is 25.1 Å². The molecule has 2 aromatic carbocycles. The van der Waals surface area contributed by atoms with Crippen LogP contribution in [0.15, 0.2) is 42.5 Å². The van der Waals surface area contributed by atoms with E-state index in [1.165, 1.54) is 12.1 Å². The fourth-order valence-corrected chi connectivity index (χ4v) is 2.55. The molecule has 3 rings (SSSR count). The van der Waals surface area contributed by atoms with E-state index >= 15 is 0 Å². The van der Waals surface area contributed by atoms with Gasteiger partial charge in [-0.05, 0) is 48.4 Å². The molecule has 0 atom stereocenters. The molecule has 2 aromatic rings. The summed E-state index contributed by atoms with van der Waals surface area (Å²) in [6.45, 7) is 2.59. The number of hydrogen-bond donors (Lipinski definition) is 0. The monoisotopic (exact) mass is 315 g/mol. The van der Waals surface area contributed by atoms with E-state index in [1.54, 1.807) is 17.0 Å². The van der Waals surface area contributed by atoms with Crippen molar-refractivity contribution in [3.63, 3.8) is 0 Å². The predicted molar refractivity (Wildman–Crippen MR) is 85.3 cm³/mol. The highest BCUT2D eigenvalue weighted by Crippen LogP contribution is 2.32. The summed E-state index contributed by atoms with van der Waals surface area (Å²) in [5.74, 6) is 1.18. The highest BCUT2D eigenvalue weighted by Gasteiger charge is 2.16. The van der Waals surface area contributed by atoms with Gasteiger partial charge >= 0.3 is 0 Å². The summed E-state index contributed by atoms with van der Waals surface area (Å²) in [6, 6.07) is 11.8. The smallest absolute Gasteiger partial charge is 0.231 e. The zero-order valence-corrected chi connectivity index (χ0v) is 12.9. The maximum atomic E-state index is 13.1. The van der Waals surface area contributed by atoms with E-state index in [1.807, 2.05) is 25.1 Å². The fraction of sp³-hybridized carbons (Fsp3) is 0.278. The lowest BCUT2D eigenvalue weighted by Gasteiger charge is -2.22. The molecular weight excluding hydrogens is 297 g/mol. The number of benzene rings is 2. The SMILES string of the molecule is CCC(=O)N(CCc1ccc2c(c1)OCO2)c1ccc(F)cc1. The molecule has 1 aliphatic rings. The second kappa shape index (κ2) is 6.69. The molecule has 120 valence electrons. The molecule has 0 spiro atoms. The second-order valence-electron chi connectivity index (χ2n) is 5.31. The van der Waals surface area contributed by atoms with Gasteiger partial charge in [-0.3, -0.25) is 4.79 Å². The Morgan fingerprint density at radius 2 is 1.87 bits per heavy atom. The lowest BCUT2D eigenvalue weighted by atomic mass is 10.1. The first-order chi connectivity index (χ1) is 11.2. The normalized spacial score (nSPS) is 12.3. The molecule has 4 nitrogen and oxygen atoms in total. The Labute approximate surface area is 134 Å². The zero-order valence-electron chi connectivity index (χ0n) is 12.9. The number of fused-ring (bicyclic) bond motifs is 1. The number of rotatable bonds is 5. The van der Waals surface area contributed by atoms with Gasteiger partial charge in [0.15, 0.2) is 11.5 Å². The minimum Gasteiger partial charge on any atom is -0.454 e. The number of halogens is 1. The van der Waals surface area contributed by atoms with Crippen LogP contribution in [0.5, 0.6) is 11.5 Å². The van der Waals surface area contributed by atoms with Crippen LogP contribution < -0.4 is 14.4 Å². The van der Waals surface area contributed by atoms with E-state index in [4.69, 9.17) is 9.47 Å². The number of carbonyl (C=O) groups excluding carboxylic acids is 1. The Hall–Kier alpha value is -2.56. The number of amides is 1. The Morgan fingerprint density at radius 3 is 2.61 bits per heavy atom. The summed E-state index contributed by atoms with van der Waals surface area (Å²) >= 11 is 0. The van der Waals surface area contributed by atoms with Crippen molar-refractivity contribution < 1.29 is 18.7 Å². The standard InChI is InChI=1S/C18H18FNO3/c1-2-18(21)20(15-6-4-14(19)5-7-15)10-9-13-3-8-16-17(11-13)23-12-22-16/h3-8,11H,2,9-10,12H2,1H3. The molecule has 0 saturated heterocycles. The van der Waals surface area contributed by atoms with Gasteiger partial charge in [0.1, 0.15) is 5.82 Å². The maximum Gasteiger partial charge on any atom is 0.231 e. The summed E-state index contributed by atoms with van der Waals surface area (Å²) in [6.07, 6.45) is 1.08. The molecule has 1 aliphatic heterocycles. The molecule has 0 aliphatic carbocycles. The molecule has 0 radical (unpaired) electrons. The molecule has 1 heterocycles. The van der Waals surface area contributed by atoms with E-state index < -0.39 is 0 Å². The van der Waals surface area contributed by atoms with E-state index in [0.717, 1.165) is 17.1 Å². The Kier molecular flexibility index (Phi) is 4.46. The van der Waals surface area contributed by atoms with Crippen LogP contribution in [0.3, 0.4) is 0 Å². The topological polar surface area (TPSA) is 38.8 Å². The maximum absolute atomic E-state index is 13.1. The van der Waals surface area contributed by atoms with Crippen LogP contribution in [-0.2, 0) is 11.2 Å². The molecular formula is C18H18FNO3. The van der Waals surface area contributed by atoms with Crippen molar-refractivity contribution in [1.29, 1.82) is 0 Å². The van der Waals surface area contributed by atoms with Crippen molar-refractivity contribution in [1.82, 2.24) is 0 Å². The number of ether oxygens (including phenoxy) is 2. The zero-order chi connectivity index (χ0) is 16.2. The highest BCUT2D eigenvalue weighted by atomic mass is 19.1. The average Bonchev–Trinajstić information content (AvgIpc) is 3.04. The summed E-state index contributed by atoms with van der Waals surface area (Å²) in [5.41, 5.74) is 1.77. The van der Waals surface area contributed by atoms with E-state index in [-0.39, 0.29) is 18.5 Å². The van der Waals surface area contributed by atoms with Gasteiger partial charge in [0.25, 0.3) is 0 Å². The third kappa shape index (κ3) is 3.44. The first kappa shape index (κ1) is 15.3. The largest absolute Gasteiger partial charge is 0.454 e. The van der Waals surface area contributed by atoms with Crippen LogP contribution >= 0.6 is 0 Å². The number of hydrogen-bond acceptors (Lipinski definition) is 3. The quantitative estimate of drug-likeness (QED) is 0.847. The molecule has 0 bridgehead atoms. The van der Waals surface area contributed by atoms with Gasteiger partial charge in [-0.15, -0.1) is 0 Å². The van der Waals surface area contributed by atoms with Crippen molar-refractivity contribution in [3.8, 4) is 11.5 Å². The summed E-state index contributed by atoms with van der Waals surface area (Å²) in [4.78, 5) is 13.9. The third-order valence-electron chi connectivity index (χ3n) is 3.80. The second-order valence-corrected chi connectivity index (χ2v) is 5.31. The first-order valence-electron chi connectivity index (χ1n) is 7.62. The van der Waals surface area contributed by atoms with E-state index in [9.17, 15) is 9.18 Å². The van der Waals surface area contributed by atoms with Crippen molar-refractivity contribution in [2.24, 2.45) is 0 Å². The first-order valence-corrected chi connectivity index (χ1v) is 7.62. The molecule has 0 saturated carbocycles. The molecule has 0 fully saturated rings. The van der Waals surface area contributed by atoms with E-state index in [2.05, 4.69) is 0 Å². The van der Waals surface area contributed by atoms with Crippen LogP contribution in [0.1, 0.15) is 18.9 Å². The van der Waals surface area contributed by atoms with Gasteiger partial charge in [-0.25, -0.2) is 4.39 Å².